The Morgan fingerprint density at radius 3 is 2.65 bits per heavy atom. The van der Waals surface area contributed by atoms with Crippen molar-refractivity contribution in [3.8, 4) is 5.69 Å². The van der Waals surface area contributed by atoms with Crippen LogP contribution in [-0.2, 0) is 0 Å². The summed E-state index contributed by atoms with van der Waals surface area (Å²) in [6.45, 7) is 5.91. The average Bonchev–Trinajstić information content (AvgIpc) is 2.28. The van der Waals surface area contributed by atoms with Crippen molar-refractivity contribution in [2.45, 2.75) is 20.8 Å². The Hall–Kier alpha value is -2.10. The van der Waals surface area contributed by atoms with Crippen LogP contribution in [0.3, 0.4) is 0 Å². The fourth-order valence-electron chi connectivity index (χ4n) is 1.77. The van der Waals surface area contributed by atoms with Crippen LogP contribution in [0.25, 0.3) is 5.69 Å². The summed E-state index contributed by atoms with van der Waals surface area (Å²) in [6.07, 6.45) is 0. The van der Waals surface area contributed by atoms with Crippen LogP contribution < -0.4 is 11.2 Å². The number of benzene rings is 1. The van der Waals surface area contributed by atoms with Crippen LogP contribution in [-0.4, -0.2) is 9.78 Å². The molecule has 1 aromatic heterocycles. The maximum absolute atomic E-state index is 11.4. The van der Waals surface area contributed by atoms with Gasteiger partial charge < -0.3 is 5.73 Å². The minimum absolute atomic E-state index is 0.0245. The van der Waals surface area contributed by atoms with Crippen molar-refractivity contribution in [3.63, 3.8) is 0 Å². The first kappa shape index (κ1) is 11.4. The van der Waals surface area contributed by atoms with Gasteiger partial charge in [0.05, 0.1) is 5.69 Å². The highest BCUT2D eigenvalue weighted by molar-refractivity contribution is 5.45. The molecule has 0 saturated carbocycles. The van der Waals surface area contributed by atoms with E-state index in [0.29, 0.717) is 0 Å². The van der Waals surface area contributed by atoms with Gasteiger partial charge in [-0.05, 0) is 38.0 Å². The highest BCUT2D eigenvalue weighted by atomic mass is 16.1. The van der Waals surface area contributed by atoms with Gasteiger partial charge >= 0.3 is 0 Å². The fourth-order valence-corrected chi connectivity index (χ4v) is 1.77. The Bertz CT molecular complexity index is 629. The van der Waals surface area contributed by atoms with Crippen molar-refractivity contribution in [3.05, 3.63) is 51.3 Å². The molecule has 2 rings (SSSR count). The van der Waals surface area contributed by atoms with Crippen molar-refractivity contribution in [2.24, 2.45) is 0 Å². The van der Waals surface area contributed by atoms with E-state index in [4.69, 9.17) is 5.73 Å². The van der Waals surface area contributed by atoms with Gasteiger partial charge in [-0.25, -0.2) is 4.68 Å². The zero-order valence-corrected chi connectivity index (χ0v) is 10.2. The molecule has 0 fully saturated rings. The zero-order valence-electron chi connectivity index (χ0n) is 10.2. The van der Waals surface area contributed by atoms with Crippen molar-refractivity contribution in [1.29, 1.82) is 0 Å². The van der Waals surface area contributed by atoms with Gasteiger partial charge in [0.1, 0.15) is 0 Å². The van der Waals surface area contributed by atoms with Gasteiger partial charge in [0, 0.05) is 11.8 Å². The summed E-state index contributed by atoms with van der Waals surface area (Å²) in [5.41, 5.74) is 9.38. The van der Waals surface area contributed by atoms with Gasteiger partial charge in [0.2, 0.25) is 5.43 Å². The van der Waals surface area contributed by atoms with Gasteiger partial charge in [0.25, 0.3) is 0 Å². The maximum atomic E-state index is 11.4. The number of hydrogen-bond donors (Lipinski definition) is 1. The lowest BCUT2D eigenvalue weighted by Gasteiger charge is -2.13. The molecule has 1 aromatic carbocycles. The number of aryl methyl sites for hydroxylation is 2. The molecule has 0 aliphatic heterocycles. The molecule has 0 amide bonds. The second-order valence-electron chi connectivity index (χ2n) is 4.17. The van der Waals surface area contributed by atoms with Crippen molar-refractivity contribution < 1.29 is 0 Å². The monoisotopic (exact) mass is 229 g/mol. The molecule has 0 saturated heterocycles. The predicted molar refractivity (Wildman–Crippen MR) is 68.5 cm³/mol. The molecule has 0 spiro atoms. The first-order chi connectivity index (χ1) is 8.00. The van der Waals surface area contributed by atoms with E-state index in [1.165, 1.54) is 11.6 Å². The van der Waals surface area contributed by atoms with E-state index in [0.717, 1.165) is 16.9 Å². The normalized spacial score (nSPS) is 10.5. The number of rotatable bonds is 1. The van der Waals surface area contributed by atoms with E-state index in [9.17, 15) is 4.79 Å². The molecule has 17 heavy (non-hydrogen) atoms. The highest BCUT2D eigenvalue weighted by Crippen LogP contribution is 2.17. The summed E-state index contributed by atoms with van der Waals surface area (Å²) in [5, 5.41) is 4.13. The molecule has 2 N–H and O–H groups in total. The molecule has 0 bridgehead atoms. The Morgan fingerprint density at radius 1 is 1.24 bits per heavy atom. The van der Waals surface area contributed by atoms with E-state index in [2.05, 4.69) is 5.10 Å². The summed E-state index contributed by atoms with van der Waals surface area (Å²) in [7, 11) is 0. The Kier molecular flexibility index (Phi) is 2.71. The van der Waals surface area contributed by atoms with Gasteiger partial charge in [-0.1, -0.05) is 12.1 Å². The molecular formula is C13H15N3O. The van der Waals surface area contributed by atoms with Crippen LogP contribution in [0.4, 0.5) is 5.82 Å². The SMILES string of the molecule is Cc1cccc(-n2nc(N)c(=O)cc2C)c1C. The number of anilines is 1. The van der Waals surface area contributed by atoms with Gasteiger partial charge in [-0.3, -0.25) is 4.79 Å². The number of aromatic nitrogens is 2. The predicted octanol–water partition coefficient (Wildman–Crippen LogP) is 1.74. The number of nitrogens with zero attached hydrogens (tertiary/aromatic N) is 2. The van der Waals surface area contributed by atoms with E-state index < -0.39 is 0 Å². The van der Waals surface area contributed by atoms with E-state index in [1.807, 2.05) is 39.0 Å². The summed E-state index contributed by atoms with van der Waals surface area (Å²) >= 11 is 0. The summed E-state index contributed by atoms with van der Waals surface area (Å²) in [5.74, 6) is 0.0245. The van der Waals surface area contributed by atoms with Crippen molar-refractivity contribution in [1.82, 2.24) is 9.78 Å². The lowest BCUT2D eigenvalue weighted by atomic mass is 10.1. The van der Waals surface area contributed by atoms with Gasteiger partial charge in [-0.2, -0.15) is 0 Å². The number of nitrogens with two attached hydrogens (primary N) is 1. The second-order valence-corrected chi connectivity index (χ2v) is 4.17. The standard InChI is InChI=1S/C13H15N3O/c1-8-5-4-6-11(10(8)3)16-9(2)7-12(17)13(14)15-16/h4-7H,1-3H3,(H2,14,15). The first-order valence-corrected chi connectivity index (χ1v) is 5.43. The third-order valence-electron chi connectivity index (χ3n) is 2.94. The van der Waals surface area contributed by atoms with Crippen molar-refractivity contribution >= 4 is 5.82 Å². The van der Waals surface area contributed by atoms with Crippen LogP contribution in [0.15, 0.2) is 29.1 Å². The van der Waals surface area contributed by atoms with E-state index >= 15 is 0 Å². The molecule has 0 radical (unpaired) electrons. The molecule has 0 aliphatic rings. The van der Waals surface area contributed by atoms with Crippen LogP contribution in [0, 0.1) is 20.8 Å². The number of hydrogen-bond acceptors (Lipinski definition) is 3. The van der Waals surface area contributed by atoms with Crippen molar-refractivity contribution in [2.75, 3.05) is 5.73 Å². The quantitative estimate of drug-likeness (QED) is 0.810. The molecule has 4 nitrogen and oxygen atoms in total. The smallest absolute Gasteiger partial charge is 0.224 e. The average molecular weight is 229 g/mol. The van der Waals surface area contributed by atoms with E-state index in [1.54, 1.807) is 4.68 Å². The number of nitrogen functional groups attached to an aromatic ring is 1. The molecule has 0 aliphatic carbocycles. The summed E-state index contributed by atoms with van der Waals surface area (Å²) in [4.78, 5) is 11.4. The summed E-state index contributed by atoms with van der Waals surface area (Å²) in [6, 6.07) is 7.48. The third kappa shape index (κ3) is 1.93. The topological polar surface area (TPSA) is 60.9 Å². The first-order valence-electron chi connectivity index (χ1n) is 5.43. The van der Waals surface area contributed by atoms with Crippen LogP contribution in [0.1, 0.15) is 16.8 Å². The Labute approximate surface area is 99.7 Å². The molecule has 0 unspecified atom stereocenters. The molecule has 1 heterocycles. The van der Waals surface area contributed by atoms with E-state index in [-0.39, 0.29) is 11.2 Å². The summed E-state index contributed by atoms with van der Waals surface area (Å²) < 4.78 is 1.71. The third-order valence-corrected chi connectivity index (χ3v) is 2.94. The maximum Gasteiger partial charge on any atom is 0.224 e. The molecular weight excluding hydrogens is 214 g/mol. The fraction of sp³-hybridized carbons (Fsp3) is 0.231. The lowest BCUT2D eigenvalue weighted by Crippen LogP contribution is -2.18. The molecule has 0 atom stereocenters. The van der Waals surface area contributed by atoms with Crippen LogP contribution >= 0.6 is 0 Å². The molecule has 88 valence electrons. The van der Waals surface area contributed by atoms with Crippen LogP contribution in [0.2, 0.25) is 0 Å². The molecule has 2 aromatic rings. The Balaban J connectivity index is 2.73. The zero-order chi connectivity index (χ0) is 12.6. The minimum atomic E-state index is -0.232. The van der Waals surface area contributed by atoms with Gasteiger partial charge in [0.15, 0.2) is 5.82 Å². The minimum Gasteiger partial charge on any atom is -0.379 e. The largest absolute Gasteiger partial charge is 0.379 e. The second kappa shape index (κ2) is 4.05. The van der Waals surface area contributed by atoms with Gasteiger partial charge in [-0.15, -0.1) is 5.10 Å². The Morgan fingerprint density at radius 2 is 1.94 bits per heavy atom. The van der Waals surface area contributed by atoms with Crippen LogP contribution in [0.5, 0.6) is 0 Å². The molecule has 4 heteroatoms. The lowest BCUT2D eigenvalue weighted by molar-refractivity contribution is 0.801. The highest BCUT2D eigenvalue weighted by Gasteiger charge is 2.08.